The van der Waals surface area contributed by atoms with Crippen molar-refractivity contribution in [2.75, 3.05) is 13.1 Å². The zero-order valence-electron chi connectivity index (χ0n) is 13.4. The van der Waals surface area contributed by atoms with Gasteiger partial charge in [-0.25, -0.2) is 0 Å². The van der Waals surface area contributed by atoms with Crippen LogP contribution in [-0.4, -0.2) is 30.1 Å². The van der Waals surface area contributed by atoms with Gasteiger partial charge < -0.3 is 5.32 Å². The first-order valence-electron chi connectivity index (χ1n) is 8.83. The Kier molecular flexibility index (Phi) is 5.32. The molecular formula is C19H30N2. The predicted octanol–water partition coefficient (Wildman–Crippen LogP) is 3.82. The maximum Gasteiger partial charge on any atom is 0.0233 e. The van der Waals surface area contributed by atoms with Crippen molar-refractivity contribution in [2.24, 2.45) is 5.92 Å². The Labute approximate surface area is 129 Å². The molecule has 1 aliphatic heterocycles. The molecule has 2 aliphatic rings. The second kappa shape index (κ2) is 7.42. The number of rotatable bonds is 5. The summed E-state index contributed by atoms with van der Waals surface area (Å²) in [6, 6.07) is 12.3. The van der Waals surface area contributed by atoms with Gasteiger partial charge in [0.15, 0.2) is 0 Å². The average molecular weight is 286 g/mol. The van der Waals surface area contributed by atoms with Crippen LogP contribution in [0.5, 0.6) is 0 Å². The molecule has 1 unspecified atom stereocenters. The minimum absolute atomic E-state index is 0.721. The van der Waals surface area contributed by atoms with Crippen LogP contribution in [0.15, 0.2) is 30.3 Å². The molecule has 1 aromatic carbocycles. The van der Waals surface area contributed by atoms with Crippen LogP contribution in [-0.2, 0) is 6.54 Å². The highest BCUT2D eigenvalue weighted by Gasteiger charge is 2.25. The Morgan fingerprint density at radius 1 is 1.05 bits per heavy atom. The highest BCUT2D eigenvalue weighted by molar-refractivity contribution is 5.14. The number of benzene rings is 1. The third-order valence-electron chi connectivity index (χ3n) is 5.44. The normalized spacial score (nSPS) is 23.5. The van der Waals surface area contributed by atoms with Gasteiger partial charge in [0, 0.05) is 18.6 Å². The third-order valence-corrected chi connectivity index (χ3v) is 5.44. The monoisotopic (exact) mass is 286 g/mol. The van der Waals surface area contributed by atoms with E-state index in [4.69, 9.17) is 0 Å². The highest BCUT2D eigenvalue weighted by Crippen LogP contribution is 2.28. The van der Waals surface area contributed by atoms with Crippen LogP contribution in [0.2, 0.25) is 0 Å². The van der Waals surface area contributed by atoms with Crippen molar-refractivity contribution in [3.05, 3.63) is 35.9 Å². The van der Waals surface area contributed by atoms with Crippen molar-refractivity contribution in [3.63, 3.8) is 0 Å². The maximum absolute atomic E-state index is 3.92. The number of hydrogen-bond donors (Lipinski definition) is 1. The lowest BCUT2D eigenvalue weighted by molar-refractivity contribution is 0.178. The standard InChI is InChI=1S/C19H30N2/c1-16(18-9-5-6-10-18)20-19-11-13-21(14-12-19)15-17-7-3-2-4-8-17/h2-4,7-8,16,18-20H,5-6,9-15H2,1H3. The average Bonchev–Trinajstić information content (AvgIpc) is 3.05. The molecule has 3 rings (SSSR count). The lowest BCUT2D eigenvalue weighted by atomic mass is 9.96. The molecule has 1 aromatic rings. The minimum atomic E-state index is 0.721. The molecule has 0 spiro atoms. The summed E-state index contributed by atoms with van der Waals surface area (Å²) < 4.78 is 0. The summed E-state index contributed by atoms with van der Waals surface area (Å²) in [5.41, 5.74) is 1.45. The van der Waals surface area contributed by atoms with Gasteiger partial charge in [-0.05, 0) is 57.2 Å². The van der Waals surface area contributed by atoms with Gasteiger partial charge in [0.2, 0.25) is 0 Å². The topological polar surface area (TPSA) is 15.3 Å². The molecule has 2 fully saturated rings. The van der Waals surface area contributed by atoms with Gasteiger partial charge in [0.1, 0.15) is 0 Å². The summed E-state index contributed by atoms with van der Waals surface area (Å²) in [6.45, 7) is 6.01. The quantitative estimate of drug-likeness (QED) is 0.885. The summed E-state index contributed by atoms with van der Waals surface area (Å²) in [5.74, 6) is 0.937. The second-order valence-corrected chi connectivity index (χ2v) is 7.04. The van der Waals surface area contributed by atoms with Crippen molar-refractivity contribution in [2.45, 2.75) is 64.1 Å². The number of nitrogens with zero attached hydrogens (tertiary/aromatic N) is 1. The van der Waals surface area contributed by atoms with Crippen molar-refractivity contribution >= 4 is 0 Å². The van der Waals surface area contributed by atoms with E-state index in [1.165, 1.54) is 57.2 Å². The fraction of sp³-hybridized carbons (Fsp3) is 0.684. The van der Waals surface area contributed by atoms with Gasteiger partial charge in [0.05, 0.1) is 0 Å². The van der Waals surface area contributed by atoms with Crippen molar-refractivity contribution < 1.29 is 0 Å². The van der Waals surface area contributed by atoms with E-state index >= 15 is 0 Å². The lowest BCUT2D eigenvalue weighted by Crippen LogP contribution is -2.46. The van der Waals surface area contributed by atoms with E-state index in [-0.39, 0.29) is 0 Å². The van der Waals surface area contributed by atoms with Gasteiger partial charge in [0.25, 0.3) is 0 Å². The van der Waals surface area contributed by atoms with Gasteiger partial charge >= 0.3 is 0 Å². The number of hydrogen-bond acceptors (Lipinski definition) is 2. The van der Waals surface area contributed by atoms with E-state index in [9.17, 15) is 0 Å². The van der Waals surface area contributed by atoms with Crippen LogP contribution < -0.4 is 5.32 Å². The molecule has 1 atom stereocenters. The molecule has 2 heteroatoms. The minimum Gasteiger partial charge on any atom is -0.311 e. The van der Waals surface area contributed by atoms with Crippen LogP contribution in [0.4, 0.5) is 0 Å². The first kappa shape index (κ1) is 15.1. The summed E-state index contributed by atoms with van der Waals surface area (Å²) >= 11 is 0. The molecule has 1 saturated carbocycles. The lowest BCUT2D eigenvalue weighted by Gasteiger charge is -2.35. The summed E-state index contributed by atoms with van der Waals surface area (Å²) in [5, 5.41) is 3.92. The molecule has 2 nitrogen and oxygen atoms in total. The molecule has 1 N–H and O–H groups in total. The zero-order valence-corrected chi connectivity index (χ0v) is 13.4. The maximum atomic E-state index is 3.92. The van der Waals surface area contributed by atoms with Crippen LogP contribution in [0.3, 0.4) is 0 Å². The Balaban J connectivity index is 1.40. The summed E-state index contributed by atoms with van der Waals surface area (Å²) in [4.78, 5) is 2.60. The third kappa shape index (κ3) is 4.31. The van der Waals surface area contributed by atoms with E-state index < -0.39 is 0 Å². The van der Waals surface area contributed by atoms with E-state index in [1.54, 1.807) is 0 Å². The predicted molar refractivity (Wildman–Crippen MR) is 89.3 cm³/mol. The van der Waals surface area contributed by atoms with Gasteiger partial charge in [-0.15, -0.1) is 0 Å². The van der Waals surface area contributed by atoms with Crippen molar-refractivity contribution in [1.29, 1.82) is 0 Å². The number of likely N-dealkylation sites (tertiary alicyclic amines) is 1. The molecular weight excluding hydrogens is 256 g/mol. The Morgan fingerprint density at radius 3 is 2.38 bits per heavy atom. The van der Waals surface area contributed by atoms with Gasteiger partial charge in [-0.1, -0.05) is 43.2 Å². The fourth-order valence-electron chi connectivity index (χ4n) is 4.06. The Morgan fingerprint density at radius 2 is 1.71 bits per heavy atom. The molecule has 1 heterocycles. The summed E-state index contributed by atoms with van der Waals surface area (Å²) in [6.07, 6.45) is 8.41. The van der Waals surface area contributed by atoms with Crippen LogP contribution in [0.25, 0.3) is 0 Å². The van der Waals surface area contributed by atoms with Gasteiger partial charge in [-0.2, -0.15) is 0 Å². The Hall–Kier alpha value is -0.860. The molecule has 0 aromatic heterocycles. The molecule has 1 aliphatic carbocycles. The van der Waals surface area contributed by atoms with Gasteiger partial charge in [-0.3, -0.25) is 4.90 Å². The Bertz CT molecular complexity index is 403. The molecule has 21 heavy (non-hydrogen) atoms. The van der Waals surface area contributed by atoms with Crippen LogP contribution in [0, 0.1) is 5.92 Å². The molecule has 116 valence electrons. The van der Waals surface area contributed by atoms with Crippen LogP contribution in [0.1, 0.15) is 51.0 Å². The van der Waals surface area contributed by atoms with Crippen molar-refractivity contribution in [3.8, 4) is 0 Å². The van der Waals surface area contributed by atoms with E-state index in [1.807, 2.05) is 0 Å². The largest absolute Gasteiger partial charge is 0.311 e. The molecule has 0 amide bonds. The molecule has 1 saturated heterocycles. The number of nitrogens with one attached hydrogen (secondary N) is 1. The molecule has 0 radical (unpaired) electrons. The first-order valence-corrected chi connectivity index (χ1v) is 8.83. The fourth-order valence-corrected chi connectivity index (χ4v) is 4.06. The smallest absolute Gasteiger partial charge is 0.0233 e. The molecule has 0 bridgehead atoms. The van der Waals surface area contributed by atoms with E-state index in [0.29, 0.717) is 0 Å². The second-order valence-electron chi connectivity index (χ2n) is 7.04. The first-order chi connectivity index (χ1) is 10.3. The van der Waals surface area contributed by atoms with Crippen molar-refractivity contribution in [1.82, 2.24) is 10.2 Å². The number of piperidine rings is 1. The van der Waals surface area contributed by atoms with Crippen LogP contribution >= 0.6 is 0 Å². The van der Waals surface area contributed by atoms with E-state index in [2.05, 4.69) is 47.5 Å². The zero-order chi connectivity index (χ0) is 14.5. The summed E-state index contributed by atoms with van der Waals surface area (Å²) in [7, 11) is 0. The highest BCUT2D eigenvalue weighted by atomic mass is 15.1. The SMILES string of the molecule is CC(NC1CCN(Cc2ccccc2)CC1)C1CCCC1. The van der Waals surface area contributed by atoms with E-state index in [0.717, 1.165) is 24.5 Å².